The van der Waals surface area contributed by atoms with Gasteiger partial charge in [-0.3, -0.25) is 4.79 Å². The minimum Gasteiger partial charge on any atom is -0.456 e. The van der Waals surface area contributed by atoms with E-state index in [0.717, 1.165) is 57.9 Å². The number of fused-ring (bicyclic) bond motifs is 3. The van der Waals surface area contributed by atoms with Gasteiger partial charge in [-0.05, 0) is 73.9 Å². The number of aromatic nitrogens is 2. The van der Waals surface area contributed by atoms with Crippen molar-refractivity contribution in [2.45, 2.75) is 33.6 Å². The van der Waals surface area contributed by atoms with E-state index in [2.05, 4.69) is 61.9 Å². The molecule has 5 nitrogen and oxygen atoms in total. The van der Waals surface area contributed by atoms with Crippen molar-refractivity contribution in [1.82, 2.24) is 9.13 Å². The molecule has 0 spiro atoms. The van der Waals surface area contributed by atoms with Crippen LogP contribution < -0.4 is 5.43 Å². The first kappa shape index (κ1) is 27.0. The van der Waals surface area contributed by atoms with Crippen LogP contribution >= 0.6 is 0 Å². The van der Waals surface area contributed by atoms with Gasteiger partial charge in [0, 0.05) is 51.6 Å². The number of nitrogens with zero attached hydrogens (tertiary/aromatic N) is 2. The van der Waals surface area contributed by atoms with Crippen molar-refractivity contribution in [2.75, 3.05) is 0 Å². The molecule has 0 aliphatic carbocycles. The van der Waals surface area contributed by atoms with Gasteiger partial charge in [0.15, 0.2) is 0 Å². The van der Waals surface area contributed by atoms with Crippen molar-refractivity contribution < 1.29 is 4.42 Å². The molecule has 0 radical (unpaired) electrons. The maximum Gasteiger partial charge on any atom is 0.200 e. The van der Waals surface area contributed by atoms with Crippen molar-refractivity contribution in [3.8, 4) is 11.4 Å². The first-order valence-corrected chi connectivity index (χ1v) is 14.3. The molecule has 6 aromatic rings. The van der Waals surface area contributed by atoms with Crippen LogP contribution in [0.1, 0.15) is 54.0 Å². The maximum absolute atomic E-state index is 13.9. The Morgan fingerprint density at radius 2 is 1.57 bits per heavy atom. The van der Waals surface area contributed by atoms with Gasteiger partial charge in [-0.2, -0.15) is 0 Å². The van der Waals surface area contributed by atoms with Gasteiger partial charge in [-0.25, -0.2) is 0 Å². The number of rotatable bonds is 8. The topological polar surface area (TPSA) is 63.9 Å². The van der Waals surface area contributed by atoms with Crippen molar-refractivity contribution in [1.29, 1.82) is 5.41 Å². The Morgan fingerprint density at radius 3 is 2.29 bits per heavy atom. The summed E-state index contributed by atoms with van der Waals surface area (Å²) in [5.74, 6) is 0. The lowest BCUT2D eigenvalue weighted by Gasteiger charge is -2.12. The monoisotopic (exact) mass is 551 g/mol. The summed E-state index contributed by atoms with van der Waals surface area (Å²) in [6.07, 6.45) is 10.9. The van der Waals surface area contributed by atoms with E-state index in [4.69, 9.17) is 9.83 Å². The summed E-state index contributed by atoms with van der Waals surface area (Å²) >= 11 is 0. The Hall–Kier alpha value is -5.16. The molecule has 0 saturated carbocycles. The zero-order chi connectivity index (χ0) is 29.5. The Bertz CT molecular complexity index is 2150. The first-order valence-electron chi connectivity index (χ1n) is 14.3. The number of para-hydroxylation sites is 1. The SMILES string of the molecule is C=Cc1c(C=N)c(/C=C\CC)c(C)n1-c1ccc2oc3cc(-n4c(C=C)c(CC)c5ccccc54)ccc3c(=O)c2c1. The van der Waals surface area contributed by atoms with Gasteiger partial charge in [0.25, 0.3) is 0 Å². The number of hydrogen-bond acceptors (Lipinski definition) is 3. The number of aryl methyl sites for hydroxylation is 1. The standard InChI is InChI=1S/C37H33N3O2/c1-6-10-13-27-23(5)39(33(9-4)31(27)22-38)24-17-19-35-30(20-24)37(41)29-18-16-25(21-36(29)42-35)40-32(8-3)26(7-2)28-14-11-12-15-34(28)40/h8-22,38H,3-4,6-7H2,1-2,5H3/b13-10-,38-22?. The Morgan fingerprint density at radius 1 is 0.833 bits per heavy atom. The van der Waals surface area contributed by atoms with Crippen LogP contribution in [0.3, 0.4) is 0 Å². The summed E-state index contributed by atoms with van der Waals surface area (Å²) in [7, 11) is 0. The third-order valence-corrected chi connectivity index (χ3v) is 8.11. The molecule has 3 heterocycles. The highest BCUT2D eigenvalue weighted by molar-refractivity contribution is 5.94. The zero-order valence-electron chi connectivity index (χ0n) is 24.2. The van der Waals surface area contributed by atoms with Gasteiger partial charge in [0.1, 0.15) is 11.2 Å². The summed E-state index contributed by atoms with van der Waals surface area (Å²) in [6.45, 7) is 14.4. The molecule has 0 aliphatic heterocycles. The van der Waals surface area contributed by atoms with Crippen molar-refractivity contribution >= 4 is 57.3 Å². The van der Waals surface area contributed by atoms with Gasteiger partial charge >= 0.3 is 0 Å². The van der Waals surface area contributed by atoms with E-state index in [0.29, 0.717) is 21.9 Å². The lowest BCUT2D eigenvalue weighted by atomic mass is 10.1. The molecule has 42 heavy (non-hydrogen) atoms. The lowest BCUT2D eigenvalue weighted by Crippen LogP contribution is -2.06. The van der Waals surface area contributed by atoms with E-state index in [-0.39, 0.29) is 5.43 Å². The Balaban J connectivity index is 1.55. The van der Waals surface area contributed by atoms with Crippen LogP contribution in [0.2, 0.25) is 0 Å². The number of hydrogen-bond donors (Lipinski definition) is 1. The molecule has 0 bridgehead atoms. The van der Waals surface area contributed by atoms with Crippen molar-refractivity contribution in [3.05, 3.63) is 124 Å². The molecule has 3 aromatic heterocycles. The fraction of sp³-hybridized carbons (Fsp3) is 0.135. The second kappa shape index (κ2) is 10.7. The van der Waals surface area contributed by atoms with Crippen LogP contribution in [-0.2, 0) is 6.42 Å². The largest absolute Gasteiger partial charge is 0.456 e. The zero-order valence-corrected chi connectivity index (χ0v) is 24.2. The Labute approximate surface area is 244 Å². The summed E-state index contributed by atoms with van der Waals surface area (Å²) in [6, 6.07) is 19.8. The van der Waals surface area contributed by atoms with Crippen LogP contribution in [0.5, 0.6) is 0 Å². The highest BCUT2D eigenvalue weighted by Crippen LogP contribution is 2.33. The van der Waals surface area contributed by atoms with Crippen LogP contribution in [0.15, 0.2) is 89.1 Å². The van der Waals surface area contributed by atoms with Gasteiger partial charge < -0.3 is 19.0 Å². The molecule has 0 amide bonds. The quantitative estimate of drug-likeness (QED) is 0.151. The summed E-state index contributed by atoms with van der Waals surface area (Å²) in [5.41, 5.74) is 9.65. The Kier molecular flexibility index (Phi) is 6.87. The van der Waals surface area contributed by atoms with Gasteiger partial charge in [-0.15, -0.1) is 0 Å². The van der Waals surface area contributed by atoms with Crippen LogP contribution in [-0.4, -0.2) is 15.3 Å². The average molecular weight is 552 g/mol. The molecule has 5 heteroatoms. The number of benzene rings is 3. The summed E-state index contributed by atoms with van der Waals surface area (Å²) in [5, 5.41) is 10.3. The molecule has 3 aromatic carbocycles. The second-order valence-corrected chi connectivity index (χ2v) is 10.4. The van der Waals surface area contributed by atoms with Crippen LogP contribution in [0.4, 0.5) is 0 Å². The van der Waals surface area contributed by atoms with E-state index < -0.39 is 0 Å². The smallest absolute Gasteiger partial charge is 0.200 e. The van der Waals surface area contributed by atoms with Crippen molar-refractivity contribution in [3.63, 3.8) is 0 Å². The fourth-order valence-corrected chi connectivity index (χ4v) is 6.19. The predicted octanol–water partition coefficient (Wildman–Crippen LogP) is 9.26. The highest BCUT2D eigenvalue weighted by Gasteiger charge is 2.19. The minimum atomic E-state index is -0.0847. The van der Waals surface area contributed by atoms with Gasteiger partial charge in [0.05, 0.1) is 22.0 Å². The first-order chi connectivity index (χ1) is 20.5. The molecule has 0 atom stereocenters. The molecular formula is C37H33N3O2. The van der Waals surface area contributed by atoms with Gasteiger partial charge in [-0.1, -0.05) is 57.4 Å². The summed E-state index contributed by atoms with van der Waals surface area (Å²) < 4.78 is 10.6. The average Bonchev–Trinajstić information content (AvgIpc) is 3.49. The molecule has 0 aliphatic rings. The summed E-state index contributed by atoms with van der Waals surface area (Å²) in [4.78, 5) is 13.9. The predicted molar refractivity (Wildman–Crippen MR) is 178 cm³/mol. The highest BCUT2D eigenvalue weighted by atomic mass is 16.3. The second-order valence-electron chi connectivity index (χ2n) is 10.4. The van der Waals surface area contributed by atoms with Crippen LogP contribution in [0, 0.1) is 12.3 Å². The molecular weight excluding hydrogens is 518 g/mol. The molecule has 0 unspecified atom stereocenters. The number of nitrogens with one attached hydrogen (secondary N) is 1. The van der Waals surface area contributed by atoms with E-state index in [9.17, 15) is 4.79 Å². The number of allylic oxidation sites excluding steroid dienone is 1. The molecule has 0 saturated heterocycles. The fourth-order valence-electron chi connectivity index (χ4n) is 6.19. The third kappa shape index (κ3) is 4.00. The third-order valence-electron chi connectivity index (χ3n) is 8.11. The molecule has 1 N–H and O–H groups in total. The molecule has 6 rings (SSSR count). The molecule has 0 fully saturated rings. The van der Waals surface area contributed by atoms with Crippen molar-refractivity contribution in [2.24, 2.45) is 0 Å². The van der Waals surface area contributed by atoms with E-state index >= 15 is 0 Å². The van der Waals surface area contributed by atoms with E-state index in [1.165, 1.54) is 17.2 Å². The maximum atomic E-state index is 13.9. The minimum absolute atomic E-state index is 0.0847. The van der Waals surface area contributed by atoms with Gasteiger partial charge in [0.2, 0.25) is 5.43 Å². The lowest BCUT2D eigenvalue weighted by molar-refractivity contribution is 0.659. The van der Waals surface area contributed by atoms with Crippen LogP contribution in [0.25, 0.3) is 62.4 Å². The normalized spacial score (nSPS) is 11.7. The van der Waals surface area contributed by atoms with E-state index in [1.54, 1.807) is 6.08 Å². The molecule has 208 valence electrons. The van der Waals surface area contributed by atoms with E-state index in [1.807, 2.05) is 60.0 Å².